The zero-order chi connectivity index (χ0) is 12.0. The summed E-state index contributed by atoms with van der Waals surface area (Å²) in [5, 5.41) is 0. The van der Waals surface area contributed by atoms with Crippen LogP contribution in [0.2, 0.25) is 0 Å². The van der Waals surface area contributed by atoms with Gasteiger partial charge in [0.25, 0.3) is 0 Å². The second kappa shape index (κ2) is 10.2. The normalized spacial score (nSPS) is 8.78. The number of hydrogen-bond donors (Lipinski definition) is 1. The van der Waals surface area contributed by atoms with Crippen molar-refractivity contribution < 1.29 is 39.5 Å². The van der Waals surface area contributed by atoms with Crippen molar-refractivity contribution in [2.75, 3.05) is 25.9 Å². The van der Waals surface area contributed by atoms with Crippen LogP contribution in [0.15, 0.2) is 24.3 Å². The fraction of sp³-hybridized carbons (Fsp3) is 0.308. The predicted molar refractivity (Wildman–Crippen MR) is 70.3 cm³/mol. The summed E-state index contributed by atoms with van der Waals surface area (Å²) in [4.78, 5) is 12.7. The van der Waals surface area contributed by atoms with Gasteiger partial charge in [-0.1, -0.05) is 12.1 Å². The van der Waals surface area contributed by atoms with Gasteiger partial charge in [-0.2, -0.15) is 0 Å². The molecule has 0 aromatic heterocycles. The van der Waals surface area contributed by atoms with Crippen LogP contribution in [0.4, 0.5) is 10.5 Å². The second-order valence-electron chi connectivity index (χ2n) is 3.53. The van der Waals surface area contributed by atoms with E-state index in [9.17, 15) is 4.79 Å². The fourth-order valence-corrected chi connectivity index (χ4v) is 1.14. The summed E-state index contributed by atoms with van der Waals surface area (Å²) in [6.45, 7) is 4.37. The fourth-order valence-electron chi connectivity index (χ4n) is 1.14. The molecule has 0 unspecified atom stereocenters. The molecule has 0 aliphatic carbocycles. The zero-order valence-corrected chi connectivity index (χ0v) is 14.7. The maximum atomic E-state index is 11.3. The van der Waals surface area contributed by atoms with E-state index < -0.39 is 0 Å². The summed E-state index contributed by atoms with van der Waals surface area (Å²) in [5.41, 5.74) is 7.39. The molecule has 0 aliphatic rings. The topological polar surface area (TPSA) is 55.6 Å². The van der Waals surface area contributed by atoms with Crippen LogP contribution in [0, 0.1) is 44.3 Å². The smallest absolute Gasteiger partial charge is 0.407 e. The SMILES string of the molecule is [CH2-]CN(C)C(=O)OCCc1ccc(N)cc1.[CH3-].[Np]. The Morgan fingerprint density at radius 3 is 2.44 bits per heavy atom. The molecule has 0 saturated carbocycles. The third-order valence-electron chi connectivity index (χ3n) is 2.24. The van der Waals surface area contributed by atoms with Gasteiger partial charge in [0.15, 0.2) is 0 Å². The number of benzene rings is 1. The monoisotopic (exact) mass is 472 g/mol. The van der Waals surface area contributed by atoms with Crippen molar-refractivity contribution in [1.82, 2.24) is 4.90 Å². The number of carbonyl (C=O) groups is 1. The number of anilines is 1. The number of carbonyl (C=O) groups excluding carboxylic acids is 1. The number of nitrogens with zero attached hydrogens (tertiary/aromatic N) is 1. The van der Waals surface area contributed by atoms with Gasteiger partial charge >= 0.3 is 6.09 Å². The van der Waals surface area contributed by atoms with Crippen LogP contribution in [0.5, 0.6) is 0 Å². The van der Waals surface area contributed by atoms with Gasteiger partial charge in [0, 0.05) is 49.1 Å². The van der Waals surface area contributed by atoms with Crippen molar-refractivity contribution >= 4 is 11.8 Å². The first-order chi connectivity index (χ1) is 7.63. The summed E-state index contributed by atoms with van der Waals surface area (Å²) in [6.07, 6.45) is 0.349. The van der Waals surface area contributed by atoms with E-state index in [-0.39, 0.29) is 43.5 Å². The minimum absolute atomic E-state index is 0. The second-order valence-corrected chi connectivity index (χ2v) is 3.53. The molecule has 18 heavy (non-hydrogen) atoms. The van der Waals surface area contributed by atoms with Crippen molar-refractivity contribution in [2.24, 2.45) is 0 Å². The zero-order valence-electron chi connectivity index (χ0n) is 10.9. The Hall–Kier alpha value is -0.697. The summed E-state index contributed by atoms with van der Waals surface area (Å²) >= 11 is 0. The van der Waals surface area contributed by atoms with Crippen LogP contribution in [0.25, 0.3) is 0 Å². The molecule has 4 nitrogen and oxygen atoms in total. The van der Waals surface area contributed by atoms with Gasteiger partial charge < -0.3 is 29.7 Å². The number of nitrogens with two attached hydrogens (primary N) is 1. The van der Waals surface area contributed by atoms with E-state index in [0.29, 0.717) is 19.6 Å². The summed E-state index contributed by atoms with van der Waals surface area (Å²) < 4.78 is 5.04. The maximum Gasteiger partial charge on any atom is 0.407 e. The first-order valence-corrected chi connectivity index (χ1v) is 5.15. The Labute approximate surface area is 132 Å². The van der Waals surface area contributed by atoms with Gasteiger partial charge in [-0.15, -0.1) is 6.54 Å². The molecule has 2 N–H and O–H groups in total. The molecule has 1 radical (unpaired) electrons. The summed E-state index contributed by atoms with van der Waals surface area (Å²) in [7, 11) is 1.65. The minimum Gasteiger partial charge on any atom is -0.449 e. The molecule has 101 valence electrons. The maximum absolute atomic E-state index is 11.3. The Balaban J connectivity index is 0. The van der Waals surface area contributed by atoms with E-state index in [4.69, 9.17) is 10.5 Å². The van der Waals surface area contributed by atoms with Crippen LogP contribution >= 0.6 is 0 Å². The van der Waals surface area contributed by atoms with Crippen LogP contribution < -0.4 is 5.73 Å². The Morgan fingerprint density at radius 2 is 1.94 bits per heavy atom. The van der Waals surface area contributed by atoms with Crippen LogP contribution in [0.3, 0.4) is 0 Å². The Kier molecular flexibility index (Phi) is 11.2. The average molecular weight is 473 g/mol. The third-order valence-corrected chi connectivity index (χ3v) is 2.24. The summed E-state index contributed by atoms with van der Waals surface area (Å²) in [5.74, 6) is 0. The van der Waals surface area contributed by atoms with Crippen molar-refractivity contribution in [2.45, 2.75) is 6.42 Å². The molecule has 0 atom stereocenters. The molecule has 1 rings (SSSR count). The largest absolute Gasteiger partial charge is 0.449 e. The Bertz CT molecular complexity index is 341. The molecule has 1 amide bonds. The minimum atomic E-state index is -0.342. The molecule has 0 spiro atoms. The number of hydrogen-bond acceptors (Lipinski definition) is 3. The van der Waals surface area contributed by atoms with Crippen molar-refractivity contribution in [3.05, 3.63) is 44.2 Å². The van der Waals surface area contributed by atoms with Crippen molar-refractivity contribution in [3.63, 3.8) is 0 Å². The van der Waals surface area contributed by atoms with Crippen LogP contribution in [-0.4, -0.2) is 31.2 Å². The molecule has 0 aliphatic heterocycles. The van der Waals surface area contributed by atoms with Gasteiger partial charge in [-0.3, -0.25) is 0 Å². The van der Waals surface area contributed by atoms with Crippen molar-refractivity contribution in [3.8, 4) is 0 Å². The summed E-state index contributed by atoms with van der Waals surface area (Å²) in [6, 6.07) is 7.51. The molecule has 1 aromatic carbocycles. The number of rotatable bonds is 4. The van der Waals surface area contributed by atoms with Gasteiger partial charge in [0.05, 0.1) is 6.61 Å². The number of amides is 1. The van der Waals surface area contributed by atoms with Crippen LogP contribution in [-0.2, 0) is 11.2 Å². The predicted octanol–water partition coefficient (Wildman–Crippen LogP) is 2.16. The molecule has 0 heterocycles. The van der Waals surface area contributed by atoms with Gasteiger partial charge in [0.2, 0.25) is 0 Å². The standard InChI is InChI=1S/C12H17N2O2.CH3.Np/c1-3-14(2)12(15)16-9-8-10-4-6-11(13)7-5-10;;/h4-7H,1,3,8-9,13H2,2H3;1H3;/q2*-1;. The first-order valence-electron chi connectivity index (χ1n) is 5.15. The van der Waals surface area contributed by atoms with Gasteiger partial charge in [-0.05, 0) is 17.7 Å². The average Bonchev–Trinajstić information content (AvgIpc) is 2.30. The van der Waals surface area contributed by atoms with E-state index in [1.165, 1.54) is 4.90 Å². The molecule has 0 fully saturated rings. The molecular weight excluding hydrogens is 453 g/mol. The van der Waals surface area contributed by atoms with E-state index in [0.717, 1.165) is 11.3 Å². The molecule has 5 heteroatoms. The quantitative estimate of drug-likeness (QED) is 0.539. The van der Waals surface area contributed by atoms with Crippen LogP contribution in [0.1, 0.15) is 5.56 Å². The van der Waals surface area contributed by atoms with Gasteiger partial charge in [0.1, 0.15) is 0 Å². The molecular formula is C13H20N2NpO2-2. The van der Waals surface area contributed by atoms with E-state index >= 15 is 0 Å². The number of ether oxygens (including phenoxy) is 1. The van der Waals surface area contributed by atoms with Gasteiger partial charge in [-0.25, -0.2) is 4.79 Å². The Morgan fingerprint density at radius 1 is 1.39 bits per heavy atom. The van der Waals surface area contributed by atoms with E-state index in [2.05, 4.69) is 6.92 Å². The molecule has 1 aromatic rings. The molecule has 0 saturated heterocycles. The van der Waals surface area contributed by atoms with E-state index in [1.807, 2.05) is 24.3 Å². The van der Waals surface area contributed by atoms with E-state index in [1.54, 1.807) is 7.05 Å². The third kappa shape index (κ3) is 6.90. The number of nitrogen functional groups attached to an aromatic ring is 1. The van der Waals surface area contributed by atoms with Crippen molar-refractivity contribution in [1.29, 1.82) is 0 Å². The molecule has 0 bridgehead atoms. The first kappa shape index (κ1) is 19.6.